The van der Waals surface area contributed by atoms with E-state index in [1.54, 1.807) is 0 Å². The predicted molar refractivity (Wildman–Crippen MR) is 47.1 cm³/mol. The van der Waals surface area contributed by atoms with E-state index in [2.05, 4.69) is 10.3 Å². The number of nitrogens with one attached hydrogen (secondary N) is 1. The van der Waals surface area contributed by atoms with Crippen molar-refractivity contribution < 1.29 is 18.0 Å². The number of likely N-dealkylation sites (N-methyl/N-ethyl adjacent to an activating group) is 1. The van der Waals surface area contributed by atoms with E-state index in [1.165, 1.54) is 19.2 Å². The van der Waals surface area contributed by atoms with E-state index in [4.69, 9.17) is 0 Å². The molecule has 1 rings (SSSR count). The molecule has 0 aromatic carbocycles. The van der Waals surface area contributed by atoms with Crippen molar-refractivity contribution in [3.8, 4) is 0 Å². The summed E-state index contributed by atoms with van der Waals surface area (Å²) in [4.78, 5) is 13.9. The Labute approximate surface area is 84.3 Å². The smallest absolute Gasteiger partial charge is 0.306 e. The van der Waals surface area contributed by atoms with Crippen molar-refractivity contribution in [1.82, 2.24) is 10.3 Å². The second-order valence-corrected chi connectivity index (χ2v) is 2.85. The Kier molecular flexibility index (Phi) is 3.41. The fourth-order valence-electron chi connectivity index (χ4n) is 1.07. The Bertz CT molecular complexity index is 351. The standard InChI is InChI=1S/C9H9F3N2O/c1-13-7(5-15)6-3-2-4-8(14-6)9(10,11)12/h2-5,7,13H,1H3/t7-/m1/s1. The average Bonchev–Trinajstić information content (AvgIpc) is 2.19. The molecule has 0 spiro atoms. The highest BCUT2D eigenvalue weighted by atomic mass is 19.4. The van der Waals surface area contributed by atoms with Crippen LogP contribution in [0.5, 0.6) is 0 Å². The van der Waals surface area contributed by atoms with Crippen LogP contribution in [0.3, 0.4) is 0 Å². The van der Waals surface area contributed by atoms with E-state index in [-0.39, 0.29) is 5.69 Å². The van der Waals surface area contributed by atoms with Crippen LogP contribution in [0.2, 0.25) is 0 Å². The zero-order valence-electron chi connectivity index (χ0n) is 7.88. The SMILES string of the molecule is CN[C@H](C=O)c1cccc(C(F)(F)F)n1. The lowest BCUT2D eigenvalue weighted by molar-refractivity contribution is -0.141. The molecule has 6 heteroatoms. The van der Waals surface area contributed by atoms with Crippen LogP contribution in [0.4, 0.5) is 13.2 Å². The van der Waals surface area contributed by atoms with Gasteiger partial charge in [-0.1, -0.05) is 6.07 Å². The van der Waals surface area contributed by atoms with Crippen LogP contribution >= 0.6 is 0 Å². The number of hydrogen-bond donors (Lipinski definition) is 1. The number of hydrogen-bond acceptors (Lipinski definition) is 3. The maximum absolute atomic E-state index is 12.3. The molecule has 0 aliphatic carbocycles. The fraction of sp³-hybridized carbons (Fsp3) is 0.333. The van der Waals surface area contributed by atoms with Gasteiger partial charge in [0.2, 0.25) is 0 Å². The number of halogens is 3. The molecule has 1 atom stereocenters. The largest absolute Gasteiger partial charge is 0.433 e. The summed E-state index contributed by atoms with van der Waals surface area (Å²) in [7, 11) is 1.47. The number of aromatic nitrogens is 1. The lowest BCUT2D eigenvalue weighted by Gasteiger charge is -2.11. The van der Waals surface area contributed by atoms with Gasteiger partial charge in [-0.2, -0.15) is 13.2 Å². The number of pyridine rings is 1. The zero-order chi connectivity index (χ0) is 11.5. The molecule has 0 saturated heterocycles. The molecule has 1 aromatic rings. The van der Waals surface area contributed by atoms with Gasteiger partial charge in [-0.05, 0) is 19.2 Å². The van der Waals surface area contributed by atoms with Gasteiger partial charge in [-0.15, -0.1) is 0 Å². The first-order valence-electron chi connectivity index (χ1n) is 4.15. The van der Waals surface area contributed by atoms with Crippen LogP contribution in [0.15, 0.2) is 18.2 Å². The van der Waals surface area contributed by atoms with E-state index in [9.17, 15) is 18.0 Å². The molecule has 0 aliphatic rings. The van der Waals surface area contributed by atoms with E-state index in [1.807, 2.05) is 0 Å². The molecule has 0 radical (unpaired) electrons. The Hall–Kier alpha value is -1.43. The van der Waals surface area contributed by atoms with E-state index in [0.717, 1.165) is 6.07 Å². The molecule has 0 fully saturated rings. The van der Waals surface area contributed by atoms with Crippen molar-refractivity contribution in [3.05, 3.63) is 29.6 Å². The van der Waals surface area contributed by atoms with Gasteiger partial charge in [0.1, 0.15) is 18.0 Å². The van der Waals surface area contributed by atoms with Crippen LogP contribution < -0.4 is 5.32 Å². The van der Waals surface area contributed by atoms with Gasteiger partial charge < -0.3 is 10.1 Å². The van der Waals surface area contributed by atoms with Gasteiger partial charge in [0.05, 0.1) is 5.69 Å². The topological polar surface area (TPSA) is 42.0 Å². The average molecular weight is 218 g/mol. The van der Waals surface area contributed by atoms with Crippen molar-refractivity contribution in [2.45, 2.75) is 12.2 Å². The summed E-state index contributed by atoms with van der Waals surface area (Å²) >= 11 is 0. The van der Waals surface area contributed by atoms with Gasteiger partial charge in [-0.25, -0.2) is 4.98 Å². The van der Waals surface area contributed by atoms with Crippen molar-refractivity contribution in [3.63, 3.8) is 0 Å². The number of rotatable bonds is 3. The molecular weight excluding hydrogens is 209 g/mol. The van der Waals surface area contributed by atoms with Crippen LogP contribution in [0.1, 0.15) is 17.4 Å². The van der Waals surface area contributed by atoms with Crippen molar-refractivity contribution >= 4 is 6.29 Å². The Morgan fingerprint density at radius 3 is 2.60 bits per heavy atom. The second kappa shape index (κ2) is 4.39. The molecule has 1 aromatic heterocycles. The summed E-state index contributed by atoms with van der Waals surface area (Å²) in [6.07, 6.45) is -3.99. The molecule has 0 bridgehead atoms. The van der Waals surface area contributed by atoms with Gasteiger partial charge in [0, 0.05) is 0 Å². The molecule has 15 heavy (non-hydrogen) atoms. The molecule has 0 amide bonds. The quantitative estimate of drug-likeness (QED) is 0.783. The predicted octanol–water partition coefficient (Wildman–Crippen LogP) is 1.56. The first-order chi connectivity index (χ1) is 6.99. The lowest BCUT2D eigenvalue weighted by atomic mass is 10.2. The third-order valence-corrected chi connectivity index (χ3v) is 1.83. The van der Waals surface area contributed by atoms with Crippen molar-refractivity contribution in [1.29, 1.82) is 0 Å². The first kappa shape index (κ1) is 11.6. The second-order valence-electron chi connectivity index (χ2n) is 2.85. The van der Waals surface area contributed by atoms with Crippen LogP contribution in [-0.4, -0.2) is 18.3 Å². The minimum absolute atomic E-state index is 0.0577. The summed E-state index contributed by atoms with van der Waals surface area (Å²) in [5.41, 5.74) is -0.940. The van der Waals surface area contributed by atoms with Gasteiger partial charge >= 0.3 is 6.18 Å². The molecule has 0 aliphatic heterocycles. The number of aldehydes is 1. The van der Waals surface area contributed by atoms with Crippen LogP contribution in [-0.2, 0) is 11.0 Å². The lowest BCUT2D eigenvalue weighted by Crippen LogP contribution is -2.20. The summed E-state index contributed by atoms with van der Waals surface area (Å²) in [5, 5.41) is 2.55. The third kappa shape index (κ3) is 2.76. The first-order valence-corrected chi connectivity index (χ1v) is 4.15. The molecule has 1 heterocycles. The normalized spacial score (nSPS) is 13.6. The van der Waals surface area contributed by atoms with Crippen LogP contribution in [0, 0.1) is 0 Å². The summed E-state index contributed by atoms with van der Waals surface area (Å²) in [6, 6.07) is 2.64. The zero-order valence-corrected chi connectivity index (χ0v) is 7.88. The van der Waals surface area contributed by atoms with Gasteiger partial charge in [-0.3, -0.25) is 0 Å². The van der Waals surface area contributed by atoms with E-state index < -0.39 is 17.9 Å². The highest BCUT2D eigenvalue weighted by Crippen LogP contribution is 2.27. The monoisotopic (exact) mass is 218 g/mol. The maximum Gasteiger partial charge on any atom is 0.433 e. The highest BCUT2D eigenvalue weighted by molar-refractivity contribution is 5.60. The fourth-order valence-corrected chi connectivity index (χ4v) is 1.07. The highest BCUT2D eigenvalue weighted by Gasteiger charge is 2.32. The Morgan fingerprint density at radius 1 is 1.47 bits per heavy atom. The molecule has 1 N–H and O–H groups in total. The Balaban J connectivity index is 3.07. The van der Waals surface area contributed by atoms with Gasteiger partial charge in [0.15, 0.2) is 0 Å². The van der Waals surface area contributed by atoms with Crippen molar-refractivity contribution in [2.75, 3.05) is 7.05 Å². The number of carbonyl (C=O) groups is 1. The molecule has 0 unspecified atom stereocenters. The minimum atomic E-state index is -4.49. The van der Waals surface area contributed by atoms with Crippen molar-refractivity contribution in [2.24, 2.45) is 0 Å². The third-order valence-electron chi connectivity index (χ3n) is 1.83. The molecule has 0 saturated carbocycles. The molecule has 82 valence electrons. The number of nitrogens with zero attached hydrogens (tertiary/aromatic N) is 1. The number of carbonyl (C=O) groups excluding carboxylic acids is 1. The van der Waals surface area contributed by atoms with E-state index >= 15 is 0 Å². The van der Waals surface area contributed by atoms with Crippen LogP contribution in [0.25, 0.3) is 0 Å². The maximum atomic E-state index is 12.3. The Morgan fingerprint density at radius 2 is 2.13 bits per heavy atom. The minimum Gasteiger partial charge on any atom is -0.306 e. The van der Waals surface area contributed by atoms with E-state index in [0.29, 0.717) is 6.29 Å². The summed E-state index contributed by atoms with van der Waals surface area (Å²) in [5.74, 6) is 0. The van der Waals surface area contributed by atoms with Gasteiger partial charge in [0.25, 0.3) is 0 Å². The number of alkyl halides is 3. The molecular formula is C9H9F3N2O. The summed E-state index contributed by atoms with van der Waals surface area (Å²) < 4.78 is 36.8. The summed E-state index contributed by atoms with van der Waals surface area (Å²) in [6.45, 7) is 0. The molecule has 3 nitrogen and oxygen atoms in total.